The van der Waals surface area contributed by atoms with Gasteiger partial charge < -0.3 is 10.4 Å². The largest absolute Gasteiger partial charge is 0.507 e. The van der Waals surface area contributed by atoms with Gasteiger partial charge in [-0.2, -0.15) is 5.26 Å². The zero-order chi connectivity index (χ0) is 13.8. The van der Waals surface area contributed by atoms with Crippen molar-refractivity contribution < 1.29 is 9.90 Å². The van der Waals surface area contributed by atoms with Crippen LogP contribution >= 0.6 is 15.9 Å². The van der Waals surface area contributed by atoms with E-state index in [9.17, 15) is 9.90 Å². The standard InChI is InChI=1S/C14H9BrN2O2/c15-10-3-6-13(18)12(7-10)14(19)17-11-4-1-9(8-16)2-5-11/h1-7,18H,(H,17,19). The highest BCUT2D eigenvalue weighted by Gasteiger charge is 2.11. The molecule has 0 saturated carbocycles. The van der Waals surface area contributed by atoms with Crippen LogP contribution in [0.15, 0.2) is 46.9 Å². The first kappa shape index (κ1) is 13.1. The summed E-state index contributed by atoms with van der Waals surface area (Å²) >= 11 is 3.24. The number of phenolic OH excluding ortho intramolecular Hbond substituents is 1. The molecule has 0 fully saturated rings. The van der Waals surface area contributed by atoms with Crippen molar-refractivity contribution in [2.45, 2.75) is 0 Å². The monoisotopic (exact) mass is 316 g/mol. The van der Waals surface area contributed by atoms with Gasteiger partial charge in [-0.1, -0.05) is 15.9 Å². The SMILES string of the molecule is N#Cc1ccc(NC(=O)c2cc(Br)ccc2O)cc1. The summed E-state index contributed by atoms with van der Waals surface area (Å²) in [6, 6.07) is 13.1. The summed E-state index contributed by atoms with van der Waals surface area (Å²) in [7, 11) is 0. The van der Waals surface area contributed by atoms with Gasteiger partial charge in [0, 0.05) is 10.2 Å². The van der Waals surface area contributed by atoms with Gasteiger partial charge in [-0.25, -0.2) is 0 Å². The average Bonchev–Trinajstić information content (AvgIpc) is 2.42. The van der Waals surface area contributed by atoms with E-state index in [2.05, 4.69) is 21.2 Å². The number of rotatable bonds is 2. The van der Waals surface area contributed by atoms with Gasteiger partial charge in [0.1, 0.15) is 5.75 Å². The predicted molar refractivity (Wildman–Crippen MR) is 74.9 cm³/mol. The zero-order valence-electron chi connectivity index (χ0n) is 9.72. The van der Waals surface area contributed by atoms with Crippen LogP contribution in [-0.4, -0.2) is 11.0 Å². The molecule has 19 heavy (non-hydrogen) atoms. The first-order chi connectivity index (χ1) is 9.10. The highest BCUT2D eigenvalue weighted by Crippen LogP contribution is 2.23. The molecule has 0 aliphatic carbocycles. The van der Waals surface area contributed by atoms with Crippen molar-refractivity contribution in [2.75, 3.05) is 5.32 Å². The number of anilines is 1. The van der Waals surface area contributed by atoms with Crippen LogP contribution in [0.3, 0.4) is 0 Å². The van der Waals surface area contributed by atoms with Crippen molar-refractivity contribution in [3.63, 3.8) is 0 Å². The van der Waals surface area contributed by atoms with Gasteiger partial charge in [-0.15, -0.1) is 0 Å². The van der Waals surface area contributed by atoms with E-state index < -0.39 is 5.91 Å². The average molecular weight is 317 g/mol. The fourth-order valence-electron chi connectivity index (χ4n) is 1.52. The van der Waals surface area contributed by atoms with Crippen molar-refractivity contribution in [1.82, 2.24) is 0 Å². The van der Waals surface area contributed by atoms with Crippen molar-refractivity contribution in [3.05, 3.63) is 58.1 Å². The highest BCUT2D eigenvalue weighted by atomic mass is 79.9. The minimum absolute atomic E-state index is 0.0886. The number of amides is 1. The van der Waals surface area contributed by atoms with Crippen molar-refractivity contribution in [2.24, 2.45) is 0 Å². The number of aromatic hydroxyl groups is 1. The summed E-state index contributed by atoms with van der Waals surface area (Å²) in [5.74, 6) is -0.502. The van der Waals surface area contributed by atoms with Crippen LogP contribution in [0.2, 0.25) is 0 Å². The molecule has 4 nitrogen and oxygen atoms in total. The summed E-state index contributed by atoms with van der Waals surface area (Å²) in [6.07, 6.45) is 0. The number of halogens is 1. The van der Waals surface area contributed by atoms with E-state index in [1.165, 1.54) is 12.1 Å². The van der Waals surface area contributed by atoms with Crippen LogP contribution in [0.1, 0.15) is 15.9 Å². The molecule has 0 atom stereocenters. The van der Waals surface area contributed by atoms with Crippen LogP contribution in [0.4, 0.5) is 5.69 Å². The van der Waals surface area contributed by atoms with E-state index in [0.717, 1.165) is 0 Å². The number of hydrogen-bond donors (Lipinski definition) is 2. The molecule has 94 valence electrons. The smallest absolute Gasteiger partial charge is 0.259 e. The Labute approximate surface area is 118 Å². The Morgan fingerprint density at radius 3 is 2.53 bits per heavy atom. The van der Waals surface area contributed by atoms with Gasteiger partial charge in [0.25, 0.3) is 5.91 Å². The zero-order valence-corrected chi connectivity index (χ0v) is 11.3. The maximum Gasteiger partial charge on any atom is 0.259 e. The molecule has 5 heteroatoms. The summed E-state index contributed by atoms with van der Waals surface area (Å²) < 4.78 is 0.704. The Kier molecular flexibility index (Phi) is 3.83. The summed E-state index contributed by atoms with van der Waals surface area (Å²) in [5, 5.41) is 21.0. The molecule has 0 saturated heterocycles. The molecule has 0 radical (unpaired) electrons. The maximum absolute atomic E-state index is 12.0. The Hall–Kier alpha value is -2.32. The number of phenols is 1. The van der Waals surface area contributed by atoms with Crippen LogP contribution in [0.5, 0.6) is 5.75 Å². The Bertz CT molecular complexity index is 660. The third-order valence-electron chi connectivity index (χ3n) is 2.48. The Morgan fingerprint density at radius 2 is 1.89 bits per heavy atom. The second kappa shape index (κ2) is 5.55. The fourth-order valence-corrected chi connectivity index (χ4v) is 1.88. The second-order valence-electron chi connectivity index (χ2n) is 3.80. The number of benzene rings is 2. The number of hydrogen-bond acceptors (Lipinski definition) is 3. The molecule has 2 N–H and O–H groups in total. The van der Waals surface area contributed by atoms with E-state index in [1.54, 1.807) is 30.3 Å². The van der Waals surface area contributed by atoms with Gasteiger partial charge in [0.05, 0.1) is 17.2 Å². The second-order valence-corrected chi connectivity index (χ2v) is 4.72. The fraction of sp³-hybridized carbons (Fsp3) is 0. The van der Waals surface area contributed by atoms with E-state index >= 15 is 0 Å². The van der Waals surface area contributed by atoms with Crippen molar-refractivity contribution in [1.29, 1.82) is 5.26 Å². The molecule has 0 aromatic heterocycles. The minimum atomic E-state index is -0.413. The van der Waals surface area contributed by atoms with E-state index in [1.807, 2.05) is 6.07 Å². The molecular weight excluding hydrogens is 308 g/mol. The first-order valence-electron chi connectivity index (χ1n) is 5.40. The number of nitrogens with zero attached hydrogens (tertiary/aromatic N) is 1. The molecule has 2 aromatic rings. The summed E-state index contributed by atoms with van der Waals surface area (Å²) in [4.78, 5) is 12.0. The van der Waals surface area contributed by atoms with Crippen molar-refractivity contribution in [3.8, 4) is 11.8 Å². The Balaban J connectivity index is 2.21. The molecule has 0 spiro atoms. The Morgan fingerprint density at radius 1 is 1.21 bits per heavy atom. The van der Waals surface area contributed by atoms with Crippen LogP contribution in [0, 0.1) is 11.3 Å². The predicted octanol–water partition coefficient (Wildman–Crippen LogP) is 3.28. The van der Waals surface area contributed by atoms with Crippen LogP contribution in [-0.2, 0) is 0 Å². The molecule has 2 aromatic carbocycles. The molecule has 0 aliphatic rings. The van der Waals surface area contributed by atoms with Gasteiger partial charge in [0.15, 0.2) is 0 Å². The van der Waals surface area contributed by atoms with E-state index in [0.29, 0.717) is 15.7 Å². The van der Waals surface area contributed by atoms with E-state index in [-0.39, 0.29) is 11.3 Å². The highest BCUT2D eigenvalue weighted by molar-refractivity contribution is 9.10. The first-order valence-corrected chi connectivity index (χ1v) is 6.19. The number of carbonyl (C=O) groups is 1. The summed E-state index contributed by atoms with van der Waals surface area (Å²) in [5.41, 5.74) is 1.26. The lowest BCUT2D eigenvalue weighted by atomic mass is 10.1. The summed E-state index contributed by atoms with van der Waals surface area (Å²) in [6.45, 7) is 0. The normalized spacial score (nSPS) is 9.68. The third kappa shape index (κ3) is 3.12. The van der Waals surface area contributed by atoms with Crippen LogP contribution < -0.4 is 5.32 Å². The van der Waals surface area contributed by atoms with Crippen molar-refractivity contribution >= 4 is 27.5 Å². The van der Waals surface area contributed by atoms with Gasteiger partial charge in [-0.05, 0) is 42.5 Å². The quantitative estimate of drug-likeness (QED) is 0.893. The molecule has 0 bridgehead atoms. The lowest BCUT2D eigenvalue weighted by Crippen LogP contribution is -2.12. The van der Waals surface area contributed by atoms with Gasteiger partial charge >= 0.3 is 0 Å². The third-order valence-corrected chi connectivity index (χ3v) is 2.97. The minimum Gasteiger partial charge on any atom is -0.507 e. The number of nitrogens with one attached hydrogen (secondary N) is 1. The lowest BCUT2D eigenvalue weighted by molar-refractivity contribution is 0.102. The molecular formula is C14H9BrN2O2. The number of nitriles is 1. The topological polar surface area (TPSA) is 73.1 Å². The number of carbonyl (C=O) groups excluding carboxylic acids is 1. The molecule has 1 amide bonds. The lowest BCUT2D eigenvalue weighted by Gasteiger charge is -2.07. The van der Waals surface area contributed by atoms with Gasteiger partial charge in [0.2, 0.25) is 0 Å². The van der Waals surface area contributed by atoms with E-state index in [4.69, 9.17) is 5.26 Å². The molecule has 0 unspecified atom stereocenters. The maximum atomic E-state index is 12.0. The molecule has 2 rings (SSSR count). The molecule has 0 heterocycles. The molecule has 0 aliphatic heterocycles. The van der Waals surface area contributed by atoms with Gasteiger partial charge in [-0.3, -0.25) is 4.79 Å². The van der Waals surface area contributed by atoms with Crippen LogP contribution in [0.25, 0.3) is 0 Å².